The van der Waals surface area contributed by atoms with Crippen LogP contribution in [0.15, 0.2) is 71.9 Å². The molecule has 0 unspecified atom stereocenters. The van der Waals surface area contributed by atoms with Crippen molar-refractivity contribution in [3.8, 4) is 28.9 Å². The SMILES string of the molecule is N#Cc1cc(Cl)cc(-n2ccc(=O)c(Cc3cccc(-c4ncc(O)cn4)c3)n2)c1. The van der Waals surface area contributed by atoms with Crippen molar-refractivity contribution < 1.29 is 5.11 Å². The van der Waals surface area contributed by atoms with Crippen molar-refractivity contribution in [2.24, 2.45) is 0 Å². The summed E-state index contributed by atoms with van der Waals surface area (Å²) >= 11 is 6.08. The fourth-order valence-corrected chi connectivity index (χ4v) is 3.20. The highest BCUT2D eigenvalue weighted by Gasteiger charge is 2.09. The van der Waals surface area contributed by atoms with Gasteiger partial charge >= 0.3 is 0 Å². The maximum absolute atomic E-state index is 12.4. The first-order valence-corrected chi connectivity index (χ1v) is 9.30. The Balaban J connectivity index is 1.68. The van der Waals surface area contributed by atoms with E-state index in [1.807, 2.05) is 24.3 Å². The molecule has 2 aromatic carbocycles. The molecule has 4 rings (SSSR count). The Labute approximate surface area is 176 Å². The Bertz CT molecular complexity index is 1330. The van der Waals surface area contributed by atoms with E-state index < -0.39 is 0 Å². The second kappa shape index (κ2) is 8.15. The van der Waals surface area contributed by atoms with Crippen LogP contribution in [-0.4, -0.2) is 24.9 Å². The normalized spacial score (nSPS) is 10.5. The van der Waals surface area contributed by atoms with E-state index in [1.54, 1.807) is 24.4 Å². The molecule has 1 N–H and O–H groups in total. The van der Waals surface area contributed by atoms with Gasteiger partial charge in [-0.05, 0) is 29.8 Å². The topological polar surface area (TPSA) is 105 Å². The third kappa shape index (κ3) is 4.19. The summed E-state index contributed by atoms with van der Waals surface area (Å²) in [5.41, 5.74) is 2.76. The van der Waals surface area contributed by atoms with Gasteiger partial charge in [0, 0.05) is 29.3 Å². The molecule has 2 aromatic heterocycles. The molecule has 0 atom stereocenters. The van der Waals surface area contributed by atoms with Gasteiger partial charge in [0.1, 0.15) is 5.69 Å². The van der Waals surface area contributed by atoms with Crippen LogP contribution >= 0.6 is 11.6 Å². The maximum atomic E-state index is 12.4. The standard InChI is InChI=1S/C22H14ClN5O2/c23-17-7-15(11-24)8-18(10-17)28-5-4-21(30)20(27-28)9-14-2-1-3-16(6-14)22-25-12-19(29)13-26-22/h1-8,10,12-13,29H,9H2. The number of rotatable bonds is 4. The molecule has 0 spiro atoms. The van der Waals surface area contributed by atoms with Crippen molar-refractivity contribution in [1.29, 1.82) is 5.26 Å². The summed E-state index contributed by atoms with van der Waals surface area (Å²) in [5, 5.41) is 23.4. The van der Waals surface area contributed by atoms with Crippen LogP contribution in [0.1, 0.15) is 16.8 Å². The van der Waals surface area contributed by atoms with Crippen LogP contribution in [0.25, 0.3) is 17.1 Å². The van der Waals surface area contributed by atoms with E-state index in [9.17, 15) is 9.90 Å². The molecule has 0 bridgehead atoms. The lowest BCUT2D eigenvalue weighted by Gasteiger charge is -2.09. The highest BCUT2D eigenvalue weighted by atomic mass is 35.5. The fourth-order valence-electron chi connectivity index (χ4n) is 2.97. The molecule has 0 aliphatic carbocycles. The number of hydrogen-bond donors (Lipinski definition) is 1. The van der Waals surface area contributed by atoms with Crippen LogP contribution in [0.3, 0.4) is 0 Å². The molecule has 0 saturated heterocycles. The van der Waals surface area contributed by atoms with E-state index in [0.717, 1.165) is 11.1 Å². The first-order chi connectivity index (χ1) is 14.5. The summed E-state index contributed by atoms with van der Waals surface area (Å²) in [4.78, 5) is 20.6. The summed E-state index contributed by atoms with van der Waals surface area (Å²) in [6.07, 6.45) is 4.50. The summed E-state index contributed by atoms with van der Waals surface area (Å²) in [7, 11) is 0. The molecular formula is C22H14ClN5O2. The summed E-state index contributed by atoms with van der Waals surface area (Å²) in [5.74, 6) is 0.459. The zero-order chi connectivity index (χ0) is 21.1. The third-order valence-electron chi connectivity index (χ3n) is 4.35. The van der Waals surface area contributed by atoms with Gasteiger partial charge in [0.15, 0.2) is 11.6 Å². The van der Waals surface area contributed by atoms with E-state index >= 15 is 0 Å². The van der Waals surface area contributed by atoms with Crippen molar-refractivity contribution in [2.75, 3.05) is 0 Å². The van der Waals surface area contributed by atoms with E-state index in [1.165, 1.54) is 23.1 Å². The number of benzene rings is 2. The molecule has 30 heavy (non-hydrogen) atoms. The minimum atomic E-state index is -0.194. The van der Waals surface area contributed by atoms with Gasteiger partial charge in [-0.2, -0.15) is 10.4 Å². The molecule has 0 radical (unpaired) electrons. The molecule has 7 nitrogen and oxygen atoms in total. The quantitative estimate of drug-likeness (QED) is 0.546. The van der Waals surface area contributed by atoms with Gasteiger partial charge < -0.3 is 5.11 Å². The van der Waals surface area contributed by atoms with Crippen molar-refractivity contribution in [2.45, 2.75) is 6.42 Å². The minimum absolute atomic E-state index is 0.00971. The predicted octanol–water partition coefficient (Wildman–Crippen LogP) is 3.51. The van der Waals surface area contributed by atoms with Crippen molar-refractivity contribution in [1.82, 2.24) is 19.7 Å². The second-order valence-electron chi connectivity index (χ2n) is 6.52. The first-order valence-electron chi connectivity index (χ1n) is 8.92. The van der Waals surface area contributed by atoms with Gasteiger partial charge in [-0.3, -0.25) is 4.79 Å². The lowest BCUT2D eigenvalue weighted by molar-refractivity contribution is 0.470. The summed E-state index contributed by atoms with van der Waals surface area (Å²) in [6.45, 7) is 0. The number of aromatic nitrogens is 4. The molecule has 8 heteroatoms. The van der Waals surface area contributed by atoms with E-state index in [0.29, 0.717) is 34.2 Å². The van der Waals surface area contributed by atoms with E-state index in [2.05, 4.69) is 21.1 Å². The molecule has 2 heterocycles. The first kappa shape index (κ1) is 19.3. The van der Waals surface area contributed by atoms with Gasteiger partial charge in [0.05, 0.1) is 29.7 Å². The van der Waals surface area contributed by atoms with Crippen molar-refractivity contribution in [3.05, 3.63) is 99.2 Å². The Hall–Kier alpha value is -4.02. The minimum Gasteiger partial charge on any atom is -0.505 e. The van der Waals surface area contributed by atoms with Gasteiger partial charge in [0.25, 0.3) is 0 Å². The molecule has 0 amide bonds. The van der Waals surface area contributed by atoms with E-state index in [-0.39, 0.29) is 11.2 Å². The molecule has 0 fully saturated rings. The van der Waals surface area contributed by atoms with Gasteiger partial charge in [-0.1, -0.05) is 29.8 Å². The highest BCUT2D eigenvalue weighted by molar-refractivity contribution is 6.30. The van der Waals surface area contributed by atoms with Crippen molar-refractivity contribution >= 4 is 11.6 Å². The Kier molecular flexibility index (Phi) is 5.24. The Morgan fingerprint density at radius 1 is 1.10 bits per heavy atom. The predicted molar refractivity (Wildman–Crippen MR) is 111 cm³/mol. The number of nitrogens with zero attached hydrogens (tertiary/aromatic N) is 5. The molecule has 4 aromatic rings. The lowest BCUT2D eigenvalue weighted by Crippen LogP contribution is -2.16. The van der Waals surface area contributed by atoms with Gasteiger partial charge in [-0.25, -0.2) is 14.6 Å². The molecule has 0 saturated carbocycles. The van der Waals surface area contributed by atoms with Gasteiger partial charge in [-0.15, -0.1) is 0 Å². The lowest BCUT2D eigenvalue weighted by atomic mass is 10.1. The average molecular weight is 416 g/mol. The Morgan fingerprint density at radius 3 is 2.67 bits per heavy atom. The molecule has 0 aliphatic rings. The molecule has 0 aliphatic heterocycles. The largest absolute Gasteiger partial charge is 0.505 e. The number of nitriles is 1. The van der Waals surface area contributed by atoms with Crippen LogP contribution in [-0.2, 0) is 6.42 Å². The molecule has 146 valence electrons. The zero-order valence-electron chi connectivity index (χ0n) is 15.5. The number of halogens is 1. The summed E-state index contributed by atoms with van der Waals surface area (Å²) in [6, 6.07) is 15.8. The van der Waals surface area contributed by atoms with Crippen LogP contribution < -0.4 is 5.43 Å². The fraction of sp³-hybridized carbons (Fsp3) is 0.0455. The zero-order valence-corrected chi connectivity index (χ0v) is 16.3. The summed E-state index contributed by atoms with van der Waals surface area (Å²) < 4.78 is 1.52. The number of aromatic hydroxyl groups is 1. The number of hydrogen-bond acceptors (Lipinski definition) is 6. The van der Waals surface area contributed by atoms with Crippen molar-refractivity contribution in [3.63, 3.8) is 0 Å². The smallest absolute Gasteiger partial charge is 0.203 e. The monoisotopic (exact) mass is 415 g/mol. The van der Waals surface area contributed by atoms with Crippen LogP contribution in [0, 0.1) is 11.3 Å². The van der Waals surface area contributed by atoms with Crippen LogP contribution in [0.4, 0.5) is 0 Å². The van der Waals surface area contributed by atoms with Gasteiger partial charge in [0.2, 0.25) is 5.43 Å². The second-order valence-corrected chi connectivity index (χ2v) is 6.96. The molecular weight excluding hydrogens is 402 g/mol. The van der Waals surface area contributed by atoms with Crippen LogP contribution in [0.5, 0.6) is 5.75 Å². The van der Waals surface area contributed by atoms with E-state index in [4.69, 9.17) is 16.9 Å². The van der Waals surface area contributed by atoms with Crippen LogP contribution in [0.2, 0.25) is 5.02 Å². The highest BCUT2D eigenvalue weighted by Crippen LogP contribution is 2.20. The Morgan fingerprint density at radius 2 is 1.90 bits per heavy atom. The third-order valence-corrected chi connectivity index (χ3v) is 4.57. The average Bonchev–Trinajstić information content (AvgIpc) is 2.75. The maximum Gasteiger partial charge on any atom is 0.203 e.